The molecule has 3 nitrogen and oxygen atoms in total. The van der Waals surface area contributed by atoms with Gasteiger partial charge in [0.2, 0.25) is 5.95 Å². The second kappa shape index (κ2) is 3.14. The van der Waals surface area contributed by atoms with Gasteiger partial charge in [0.25, 0.3) is 0 Å². The second-order valence-electron chi connectivity index (χ2n) is 2.23. The van der Waals surface area contributed by atoms with Gasteiger partial charge in [0.1, 0.15) is 0 Å². The van der Waals surface area contributed by atoms with E-state index in [2.05, 4.69) is 16.7 Å². The van der Waals surface area contributed by atoms with E-state index in [0.717, 1.165) is 5.69 Å². The lowest BCUT2D eigenvalue weighted by atomic mass is 10.6. The van der Waals surface area contributed by atoms with E-state index in [0.29, 0.717) is 5.95 Å². The average molecular weight is 149 g/mol. The molecule has 0 aliphatic carbocycles. The summed E-state index contributed by atoms with van der Waals surface area (Å²) in [5, 5.41) is 0. The van der Waals surface area contributed by atoms with E-state index in [4.69, 9.17) is 0 Å². The molecular weight excluding hydrogens is 138 g/mol. The molecule has 0 saturated carbocycles. The minimum absolute atomic E-state index is 0.639. The molecular formula is C8H11N3. The van der Waals surface area contributed by atoms with Gasteiger partial charge >= 0.3 is 0 Å². The zero-order chi connectivity index (χ0) is 8.27. The molecule has 0 aromatic carbocycles. The van der Waals surface area contributed by atoms with E-state index in [-0.39, 0.29) is 0 Å². The van der Waals surface area contributed by atoms with E-state index in [1.165, 1.54) is 0 Å². The summed E-state index contributed by atoms with van der Waals surface area (Å²) in [5.74, 6) is 0.639. The van der Waals surface area contributed by atoms with Crippen molar-refractivity contribution in [2.45, 2.75) is 13.8 Å². The zero-order valence-corrected chi connectivity index (χ0v) is 6.78. The summed E-state index contributed by atoms with van der Waals surface area (Å²) in [4.78, 5) is 7.89. The zero-order valence-electron chi connectivity index (χ0n) is 6.78. The fourth-order valence-electron chi connectivity index (χ4n) is 0.891. The van der Waals surface area contributed by atoms with Gasteiger partial charge in [0.05, 0.1) is 5.69 Å². The summed E-state index contributed by atoms with van der Waals surface area (Å²) in [6.45, 7) is 7.29. The normalized spacial score (nSPS) is 10.7. The third-order valence-electron chi connectivity index (χ3n) is 1.28. The third-order valence-corrected chi connectivity index (χ3v) is 1.28. The second-order valence-corrected chi connectivity index (χ2v) is 2.23. The molecule has 1 aromatic rings. The summed E-state index contributed by atoms with van der Waals surface area (Å²) >= 11 is 0. The van der Waals surface area contributed by atoms with Crippen LogP contribution >= 0.6 is 0 Å². The Morgan fingerprint density at radius 3 is 3.00 bits per heavy atom. The molecule has 0 radical (unpaired) electrons. The predicted octanol–water partition coefficient (Wildman–Crippen LogP) is 2.01. The molecule has 0 amide bonds. The highest BCUT2D eigenvalue weighted by molar-refractivity contribution is 5.41. The van der Waals surface area contributed by atoms with Crippen LogP contribution in [0, 0.1) is 6.92 Å². The van der Waals surface area contributed by atoms with Crippen LogP contribution in [0.2, 0.25) is 0 Å². The summed E-state index contributed by atoms with van der Waals surface area (Å²) in [6.07, 6.45) is 5.73. The fourth-order valence-corrected chi connectivity index (χ4v) is 0.891. The molecule has 0 aliphatic heterocycles. The number of allylic oxidation sites excluding steroid dienone is 1. The summed E-state index contributed by atoms with van der Waals surface area (Å²) in [6, 6.07) is 0. The van der Waals surface area contributed by atoms with Crippen LogP contribution < -0.4 is 0 Å². The van der Waals surface area contributed by atoms with Crippen LogP contribution in [0.15, 0.2) is 17.3 Å². The van der Waals surface area contributed by atoms with Crippen LogP contribution in [0.25, 0.3) is 6.20 Å². The van der Waals surface area contributed by atoms with Crippen LogP contribution in [-0.2, 0) is 0 Å². The van der Waals surface area contributed by atoms with Gasteiger partial charge in [-0.25, -0.2) is 9.98 Å². The first-order valence-electron chi connectivity index (χ1n) is 3.43. The van der Waals surface area contributed by atoms with Crippen LogP contribution in [-0.4, -0.2) is 16.3 Å². The fraction of sp³-hybridized carbons (Fsp3) is 0.250. The number of aryl methyl sites for hydroxylation is 1. The van der Waals surface area contributed by atoms with Gasteiger partial charge in [-0.05, 0) is 20.6 Å². The van der Waals surface area contributed by atoms with Crippen molar-refractivity contribution in [3.63, 3.8) is 0 Å². The molecule has 0 aliphatic rings. The number of hydrogen-bond donors (Lipinski definition) is 0. The van der Waals surface area contributed by atoms with Crippen molar-refractivity contribution in [2.24, 2.45) is 4.99 Å². The van der Waals surface area contributed by atoms with Crippen molar-refractivity contribution in [3.8, 4) is 0 Å². The molecule has 0 N–H and O–H groups in total. The Morgan fingerprint density at radius 2 is 2.45 bits per heavy atom. The van der Waals surface area contributed by atoms with E-state index in [9.17, 15) is 0 Å². The lowest BCUT2D eigenvalue weighted by Crippen LogP contribution is -1.80. The largest absolute Gasteiger partial charge is 0.291 e. The molecule has 0 spiro atoms. The number of nitrogens with zero attached hydrogens (tertiary/aromatic N) is 3. The highest BCUT2D eigenvalue weighted by Crippen LogP contribution is 2.10. The molecule has 0 fully saturated rings. The topological polar surface area (TPSA) is 30.2 Å². The first-order valence-corrected chi connectivity index (χ1v) is 3.43. The van der Waals surface area contributed by atoms with Gasteiger partial charge in [-0.15, -0.1) is 0 Å². The smallest absolute Gasteiger partial charge is 0.233 e. The highest BCUT2D eigenvalue weighted by Gasteiger charge is 1.97. The number of aliphatic imine (C=N–C) groups is 1. The molecule has 1 rings (SSSR count). The Balaban J connectivity index is 3.11. The van der Waals surface area contributed by atoms with Gasteiger partial charge in [-0.1, -0.05) is 6.08 Å². The van der Waals surface area contributed by atoms with Crippen LogP contribution in [0.5, 0.6) is 0 Å². The van der Waals surface area contributed by atoms with Crippen molar-refractivity contribution in [1.29, 1.82) is 0 Å². The number of rotatable bonds is 2. The summed E-state index contributed by atoms with van der Waals surface area (Å²) < 4.78 is 1.84. The van der Waals surface area contributed by atoms with Crippen molar-refractivity contribution in [3.05, 3.63) is 18.0 Å². The van der Waals surface area contributed by atoms with Gasteiger partial charge in [-0.3, -0.25) is 4.57 Å². The van der Waals surface area contributed by atoms with Gasteiger partial charge in [0, 0.05) is 12.4 Å². The van der Waals surface area contributed by atoms with Gasteiger partial charge in [-0.2, -0.15) is 0 Å². The van der Waals surface area contributed by atoms with Crippen molar-refractivity contribution >= 4 is 18.9 Å². The Hall–Kier alpha value is -1.38. The quantitative estimate of drug-likeness (QED) is 0.591. The van der Waals surface area contributed by atoms with Crippen LogP contribution in [0.4, 0.5) is 5.95 Å². The molecule has 0 atom stereocenters. The number of imidazole rings is 1. The maximum Gasteiger partial charge on any atom is 0.233 e. The van der Waals surface area contributed by atoms with E-state index < -0.39 is 0 Å². The molecule has 0 unspecified atom stereocenters. The van der Waals surface area contributed by atoms with Crippen LogP contribution in [0.1, 0.15) is 12.6 Å². The minimum atomic E-state index is 0.639. The predicted molar refractivity (Wildman–Crippen MR) is 47.2 cm³/mol. The van der Waals surface area contributed by atoms with Crippen molar-refractivity contribution in [1.82, 2.24) is 9.55 Å². The minimum Gasteiger partial charge on any atom is -0.291 e. The molecule has 11 heavy (non-hydrogen) atoms. The van der Waals surface area contributed by atoms with E-state index in [1.54, 1.807) is 0 Å². The first kappa shape index (κ1) is 7.72. The van der Waals surface area contributed by atoms with Crippen LogP contribution in [0.3, 0.4) is 0 Å². The number of hydrogen-bond acceptors (Lipinski definition) is 2. The van der Waals surface area contributed by atoms with Crippen molar-refractivity contribution < 1.29 is 0 Å². The van der Waals surface area contributed by atoms with Gasteiger partial charge in [0.15, 0.2) is 0 Å². The first-order chi connectivity index (χ1) is 5.27. The Kier molecular flexibility index (Phi) is 2.21. The SMILES string of the molecule is C=Nc1nc(C)cn1/C=C\C. The Morgan fingerprint density at radius 1 is 1.73 bits per heavy atom. The highest BCUT2D eigenvalue weighted by atomic mass is 15.2. The van der Waals surface area contributed by atoms with E-state index >= 15 is 0 Å². The Bertz CT molecular complexity index is 284. The van der Waals surface area contributed by atoms with E-state index in [1.807, 2.05) is 36.9 Å². The molecule has 0 saturated heterocycles. The molecule has 3 heteroatoms. The van der Waals surface area contributed by atoms with Gasteiger partial charge < -0.3 is 0 Å². The molecule has 0 bridgehead atoms. The monoisotopic (exact) mass is 149 g/mol. The standard InChI is InChI=1S/C8H11N3/c1-4-5-11-6-7(2)10-8(11)9-3/h4-6H,3H2,1-2H3/b5-4-. The maximum absolute atomic E-state index is 4.13. The van der Waals surface area contributed by atoms with Crippen molar-refractivity contribution in [2.75, 3.05) is 0 Å². The lowest BCUT2D eigenvalue weighted by molar-refractivity contribution is 1.11. The third kappa shape index (κ3) is 1.55. The Labute approximate surface area is 66.1 Å². The molecule has 1 aromatic heterocycles. The summed E-state index contributed by atoms with van der Waals surface area (Å²) in [7, 11) is 0. The molecule has 58 valence electrons. The average Bonchev–Trinajstić information content (AvgIpc) is 2.32. The number of aromatic nitrogens is 2. The lowest BCUT2D eigenvalue weighted by Gasteiger charge is -1.92. The summed E-state index contributed by atoms with van der Waals surface area (Å²) in [5.41, 5.74) is 0.950. The maximum atomic E-state index is 4.13. The molecule has 1 heterocycles.